The maximum Gasteiger partial charge on any atom is 0.162 e. The van der Waals surface area contributed by atoms with Crippen molar-refractivity contribution in [3.05, 3.63) is 0 Å². The van der Waals surface area contributed by atoms with Gasteiger partial charge in [0.2, 0.25) is 0 Å². The second-order valence-corrected chi connectivity index (χ2v) is 2.70. The molecule has 2 heteroatoms. The van der Waals surface area contributed by atoms with Gasteiger partial charge < -0.3 is 5.11 Å². The molecule has 0 saturated carbocycles. The second-order valence-electron chi connectivity index (χ2n) is 2.70. The van der Waals surface area contributed by atoms with E-state index in [1.807, 2.05) is 6.92 Å². The fourth-order valence-electron chi connectivity index (χ4n) is 0.912. The predicted octanol–water partition coefficient (Wildman–Crippen LogP) is 1.52. The molecule has 0 aromatic carbocycles. The lowest BCUT2D eigenvalue weighted by molar-refractivity contribution is -0.127. The summed E-state index contributed by atoms with van der Waals surface area (Å²) >= 11 is 0. The number of hydrogen-bond donors (Lipinski definition) is 1. The van der Waals surface area contributed by atoms with Gasteiger partial charge in [0.15, 0.2) is 5.78 Å². The minimum absolute atomic E-state index is 0.0837. The van der Waals surface area contributed by atoms with E-state index in [1.165, 1.54) is 0 Å². The van der Waals surface area contributed by atoms with Crippen molar-refractivity contribution in [3.8, 4) is 11.8 Å². The molecule has 12 heavy (non-hydrogen) atoms. The molecule has 2 nitrogen and oxygen atoms in total. The SMILES string of the molecule is CC#CCCC(=O)C(O)CCC. The normalized spacial score (nSPS) is 11.6. The van der Waals surface area contributed by atoms with E-state index in [0.29, 0.717) is 19.3 Å². The lowest BCUT2D eigenvalue weighted by Crippen LogP contribution is -2.19. The average molecular weight is 168 g/mol. The zero-order valence-electron chi connectivity index (χ0n) is 7.76. The van der Waals surface area contributed by atoms with Gasteiger partial charge in [-0.3, -0.25) is 4.79 Å². The van der Waals surface area contributed by atoms with Crippen molar-refractivity contribution in [3.63, 3.8) is 0 Å². The molecule has 0 aromatic heterocycles. The van der Waals surface area contributed by atoms with Gasteiger partial charge >= 0.3 is 0 Å². The number of carbonyl (C=O) groups is 1. The maximum atomic E-state index is 11.1. The standard InChI is InChI=1S/C10H16O2/c1-3-5-6-8-10(12)9(11)7-4-2/h9,11H,4,6-8H2,1-2H3. The molecule has 0 aliphatic carbocycles. The van der Waals surface area contributed by atoms with Crippen molar-refractivity contribution in [2.75, 3.05) is 0 Å². The van der Waals surface area contributed by atoms with Crippen LogP contribution in [0.25, 0.3) is 0 Å². The Labute approximate surface area is 74.0 Å². The van der Waals surface area contributed by atoms with Crippen LogP contribution in [-0.2, 0) is 4.79 Å². The number of aliphatic hydroxyl groups excluding tert-OH is 1. The van der Waals surface area contributed by atoms with Crippen LogP contribution in [-0.4, -0.2) is 17.0 Å². The maximum absolute atomic E-state index is 11.1. The van der Waals surface area contributed by atoms with Crippen LogP contribution in [0.5, 0.6) is 0 Å². The molecule has 0 amide bonds. The first kappa shape index (κ1) is 11.2. The second kappa shape index (κ2) is 6.87. The third-order valence-corrected chi connectivity index (χ3v) is 1.61. The third kappa shape index (κ3) is 4.92. The van der Waals surface area contributed by atoms with Gasteiger partial charge in [-0.2, -0.15) is 0 Å². The molecule has 68 valence electrons. The summed E-state index contributed by atoms with van der Waals surface area (Å²) < 4.78 is 0. The summed E-state index contributed by atoms with van der Waals surface area (Å²) in [5.74, 6) is 5.42. The topological polar surface area (TPSA) is 37.3 Å². The Balaban J connectivity index is 3.61. The van der Waals surface area contributed by atoms with Crippen LogP contribution in [0.1, 0.15) is 39.5 Å². The van der Waals surface area contributed by atoms with Gasteiger partial charge in [0.1, 0.15) is 6.10 Å². The van der Waals surface area contributed by atoms with Crippen LogP contribution in [0, 0.1) is 11.8 Å². The number of ketones is 1. The molecule has 1 N–H and O–H groups in total. The van der Waals surface area contributed by atoms with Crippen LogP contribution in [0.15, 0.2) is 0 Å². The summed E-state index contributed by atoms with van der Waals surface area (Å²) in [6, 6.07) is 0. The lowest BCUT2D eigenvalue weighted by Gasteiger charge is -2.05. The Kier molecular flexibility index (Phi) is 6.41. The monoisotopic (exact) mass is 168 g/mol. The molecule has 0 radical (unpaired) electrons. The first-order valence-electron chi connectivity index (χ1n) is 4.32. The molecule has 0 aliphatic rings. The molecular formula is C10H16O2. The van der Waals surface area contributed by atoms with Crippen LogP contribution < -0.4 is 0 Å². The van der Waals surface area contributed by atoms with E-state index in [4.69, 9.17) is 0 Å². The number of carbonyl (C=O) groups excluding carboxylic acids is 1. The van der Waals surface area contributed by atoms with E-state index < -0.39 is 6.10 Å². The summed E-state index contributed by atoms with van der Waals surface area (Å²) in [5.41, 5.74) is 0. The van der Waals surface area contributed by atoms with Crippen molar-refractivity contribution in [2.24, 2.45) is 0 Å². The van der Waals surface area contributed by atoms with E-state index >= 15 is 0 Å². The van der Waals surface area contributed by atoms with Crippen molar-refractivity contribution < 1.29 is 9.90 Å². The van der Waals surface area contributed by atoms with E-state index in [0.717, 1.165) is 6.42 Å². The number of aliphatic hydroxyl groups is 1. The quantitative estimate of drug-likeness (QED) is 0.632. The molecule has 0 fully saturated rings. The summed E-state index contributed by atoms with van der Waals surface area (Å²) in [6.07, 6.45) is 1.58. The van der Waals surface area contributed by atoms with Gasteiger partial charge in [-0.25, -0.2) is 0 Å². The Bertz CT molecular complexity index is 186. The molecule has 1 unspecified atom stereocenters. The zero-order chi connectivity index (χ0) is 9.40. The van der Waals surface area contributed by atoms with Crippen molar-refractivity contribution in [1.29, 1.82) is 0 Å². The Morgan fingerprint density at radius 3 is 2.75 bits per heavy atom. The van der Waals surface area contributed by atoms with Crippen LogP contribution in [0.3, 0.4) is 0 Å². The lowest BCUT2D eigenvalue weighted by atomic mass is 10.1. The average Bonchev–Trinajstić information content (AvgIpc) is 2.05. The largest absolute Gasteiger partial charge is 0.385 e. The van der Waals surface area contributed by atoms with Gasteiger partial charge in [0.05, 0.1) is 0 Å². The fraction of sp³-hybridized carbons (Fsp3) is 0.700. The summed E-state index contributed by atoms with van der Waals surface area (Å²) in [6.45, 7) is 3.69. The highest BCUT2D eigenvalue weighted by molar-refractivity contribution is 5.82. The Morgan fingerprint density at radius 2 is 2.25 bits per heavy atom. The first-order chi connectivity index (χ1) is 5.72. The van der Waals surface area contributed by atoms with Crippen molar-refractivity contribution >= 4 is 5.78 Å². The van der Waals surface area contributed by atoms with Crippen LogP contribution in [0.2, 0.25) is 0 Å². The highest BCUT2D eigenvalue weighted by Crippen LogP contribution is 2.01. The summed E-state index contributed by atoms with van der Waals surface area (Å²) in [5, 5.41) is 9.22. The van der Waals surface area contributed by atoms with Crippen LogP contribution >= 0.6 is 0 Å². The number of Topliss-reactive ketones (excluding diaryl/α,β-unsaturated/α-hetero) is 1. The molecule has 0 aromatic rings. The summed E-state index contributed by atoms with van der Waals surface area (Å²) in [7, 11) is 0. The predicted molar refractivity (Wildman–Crippen MR) is 48.6 cm³/mol. The van der Waals surface area contributed by atoms with Gasteiger partial charge in [0.25, 0.3) is 0 Å². The molecule has 0 aliphatic heterocycles. The van der Waals surface area contributed by atoms with E-state index in [2.05, 4.69) is 11.8 Å². The zero-order valence-corrected chi connectivity index (χ0v) is 7.76. The van der Waals surface area contributed by atoms with E-state index in [-0.39, 0.29) is 5.78 Å². The van der Waals surface area contributed by atoms with Gasteiger partial charge in [-0.05, 0) is 13.3 Å². The van der Waals surface area contributed by atoms with Gasteiger partial charge in [0, 0.05) is 12.8 Å². The number of hydrogen-bond acceptors (Lipinski definition) is 2. The van der Waals surface area contributed by atoms with E-state index in [9.17, 15) is 9.90 Å². The highest BCUT2D eigenvalue weighted by Gasteiger charge is 2.11. The molecule has 0 bridgehead atoms. The summed E-state index contributed by atoms with van der Waals surface area (Å²) in [4.78, 5) is 11.1. The Morgan fingerprint density at radius 1 is 1.58 bits per heavy atom. The van der Waals surface area contributed by atoms with Gasteiger partial charge in [-0.15, -0.1) is 11.8 Å². The third-order valence-electron chi connectivity index (χ3n) is 1.61. The van der Waals surface area contributed by atoms with Crippen LogP contribution in [0.4, 0.5) is 0 Å². The minimum Gasteiger partial charge on any atom is -0.385 e. The molecular weight excluding hydrogens is 152 g/mol. The minimum atomic E-state index is -0.770. The molecule has 0 spiro atoms. The van der Waals surface area contributed by atoms with Crippen molar-refractivity contribution in [1.82, 2.24) is 0 Å². The van der Waals surface area contributed by atoms with Gasteiger partial charge in [-0.1, -0.05) is 13.3 Å². The number of rotatable bonds is 5. The molecule has 0 rings (SSSR count). The molecule has 0 saturated heterocycles. The fourth-order valence-corrected chi connectivity index (χ4v) is 0.912. The molecule has 1 atom stereocenters. The van der Waals surface area contributed by atoms with Crippen molar-refractivity contribution in [2.45, 2.75) is 45.6 Å². The van der Waals surface area contributed by atoms with E-state index in [1.54, 1.807) is 6.92 Å². The Hall–Kier alpha value is -0.810. The smallest absolute Gasteiger partial charge is 0.162 e. The first-order valence-corrected chi connectivity index (χ1v) is 4.32. The highest BCUT2D eigenvalue weighted by atomic mass is 16.3. The molecule has 0 heterocycles.